The number of hydrogen-bond donors (Lipinski definition) is 1. The molecule has 142 valence electrons. The molecule has 2 rings (SSSR count). The lowest BCUT2D eigenvalue weighted by Gasteiger charge is -2.36. The molecule has 2 aliphatic heterocycles. The smallest absolute Gasteiger partial charge is 0.333 e. The minimum absolute atomic E-state index is 0. The molecule has 0 unspecified atom stereocenters. The highest BCUT2D eigenvalue weighted by Gasteiger charge is 2.53. The number of piperidine rings is 1. The van der Waals surface area contributed by atoms with Gasteiger partial charge in [-0.05, 0) is 34.7 Å². The lowest BCUT2D eigenvalue weighted by molar-refractivity contribution is -0.152. The molecule has 0 amide bonds. The zero-order chi connectivity index (χ0) is 18.0. The molecule has 25 heavy (non-hydrogen) atoms. The van der Waals surface area contributed by atoms with Crippen LogP contribution in [-0.4, -0.2) is 59.4 Å². The van der Waals surface area contributed by atoms with E-state index in [1.54, 1.807) is 39.8 Å². The number of fused-ring (bicyclic) bond motifs is 2. The summed E-state index contributed by atoms with van der Waals surface area (Å²) in [5.41, 5.74) is 1.08. The van der Waals surface area contributed by atoms with Crippen molar-refractivity contribution in [2.24, 2.45) is 0 Å². The van der Waals surface area contributed by atoms with Crippen molar-refractivity contribution < 1.29 is 24.2 Å². The maximum absolute atomic E-state index is 12.0. The summed E-state index contributed by atoms with van der Waals surface area (Å²) in [6, 6.07) is -0.341. The molecule has 2 saturated heterocycles. The van der Waals surface area contributed by atoms with Crippen molar-refractivity contribution in [3.63, 3.8) is 0 Å². The molecule has 2 aliphatic rings. The number of likely N-dealkylation sites (N-methyl/N-ethyl adjacent to an activating group) is 1. The normalized spacial score (nSPS) is 32.8. The molecular formula is C18H28ClNO5. The zero-order valence-corrected chi connectivity index (χ0v) is 16.2. The molecule has 2 fully saturated rings. The van der Waals surface area contributed by atoms with E-state index in [9.17, 15) is 14.7 Å². The van der Waals surface area contributed by atoms with E-state index < -0.39 is 18.2 Å². The first kappa shape index (κ1) is 21.7. The Morgan fingerprint density at radius 1 is 1.00 bits per heavy atom. The monoisotopic (exact) mass is 373 g/mol. The van der Waals surface area contributed by atoms with Crippen LogP contribution in [0, 0.1) is 0 Å². The highest BCUT2D eigenvalue weighted by Crippen LogP contribution is 2.38. The second-order valence-corrected chi connectivity index (χ2v) is 6.60. The van der Waals surface area contributed by atoms with Crippen molar-refractivity contribution in [1.29, 1.82) is 0 Å². The topological polar surface area (TPSA) is 76.1 Å². The number of rotatable bonds is 4. The van der Waals surface area contributed by atoms with Crippen LogP contribution in [0.4, 0.5) is 0 Å². The van der Waals surface area contributed by atoms with Gasteiger partial charge in [0.2, 0.25) is 0 Å². The van der Waals surface area contributed by atoms with Crippen molar-refractivity contribution in [1.82, 2.24) is 4.90 Å². The van der Waals surface area contributed by atoms with Gasteiger partial charge >= 0.3 is 11.9 Å². The average molecular weight is 374 g/mol. The number of halogens is 1. The number of ether oxygens (including phenoxy) is 2. The van der Waals surface area contributed by atoms with Gasteiger partial charge in [0.1, 0.15) is 18.3 Å². The number of esters is 2. The number of nitrogens with zero attached hydrogens (tertiary/aromatic N) is 1. The van der Waals surface area contributed by atoms with Gasteiger partial charge in [-0.25, -0.2) is 9.59 Å². The largest absolute Gasteiger partial charge is 0.459 e. The summed E-state index contributed by atoms with van der Waals surface area (Å²) < 4.78 is 11.1. The van der Waals surface area contributed by atoms with E-state index in [-0.39, 0.29) is 36.6 Å². The number of aliphatic hydroxyl groups excluding tert-OH is 1. The first-order valence-electron chi connectivity index (χ1n) is 8.37. The Labute approximate surface area is 155 Å². The number of aliphatic hydroxyl groups is 1. The Hall–Kier alpha value is -1.37. The third-order valence-corrected chi connectivity index (χ3v) is 5.19. The van der Waals surface area contributed by atoms with Gasteiger partial charge in [0.15, 0.2) is 0 Å². The second-order valence-electron chi connectivity index (χ2n) is 6.60. The van der Waals surface area contributed by atoms with Gasteiger partial charge in [0.25, 0.3) is 0 Å². The van der Waals surface area contributed by atoms with Crippen LogP contribution in [0.3, 0.4) is 0 Å². The van der Waals surface area contributed by atoms with Crippen LogP contribution in [0.5, 0.6) is 0 Å². The number of carbonyl (C=O) groups is 2. The van der Waals surface area contributed by atoms with E-state index >= 15 is 0 Å². The van der Waals surface area contributed by atoms with E-state index in [1.165, 1.54) is 0 Å². The van der Waals surface area contributed by atoms with E-state index in [0.717, 1.165) is 0 Å². The van der Waals surface area contributed by atoms with Crippen LogP contribution in [0.15, 0.2) is 23.3 Å². The van der Waals surface area contributed by atoms with Gasteiger partial charge < -0.3 is 14.6 Å². The Balaban J connectivity index is 0.00000312. The Bertz CT molecular complexity index is 574. The molecule has 5 atom stereocenters. The third-order valence-electron chi connectivity index (χ3n) is 5.19. The van der Waals surface area contributed by atoms with E-state index in [1.807, 2.05) is 11.9 Å². The van der Waals surface area contributed by atoms with Gasteiger partial charge in [-0.2, -0.15) is 0 Å². The van der Waals surface area contributed by atoms with Crippen molar-refractivity contribution in [3.8, 4) is 0 Å². The lowest BCUT2D eigenvalue weighted by Crippen LogP contribution is -2.46. The summed E-state index contributed by atoms with van der Waals surface area (Å²) in [7, 11) is 1.91. The summed E-state index contributed by atoms with van der Waals surface area (Å²) in [6.07, 6.45) is 2.82. The quantitative estimate of drug-likeness (QED) is 0.600. The van der Waals surface area contributed by atoms with Crippen molar-refractivity contribution in [2.75, 3.05) is 7.05 Å². The molecule has 0 aromatic carbocycles. The highest BCUT2D eigenvalue weighted by molar-refractivity contribution is 5.88. The van der Waals surface area contributed by atoms with Crippen molar-refractivity contribution in [2.45, 2.75) is 70.9 Å². The van der Waals surface area contributed by atoms with Crippen molar-refractivity contribution in [3.05, 3.63) is 23.3 Å². The van der Waals surface area contributed by atoms with Crippen LogP contribution in [0.1, 0.15) is 40.5 Å². The van der Waals surface area contributed by atoms with Gasteiger partial charge in [0, 0.05) is 30.0 Å². The van der Waals surface area contributed by atoms with E-state index in [2.05, 4.69) is 0 Å². The van der Waals surface area contributed by atoms with E-state index in [0.29, 0.717) is 24.0 Å². The Morgan fingerprint density at radius 3 is 2.00 bits per heavy atom. The molecule has 0 saturated carbocycles. The molecule has 0 spiro atoms. The van der Waals surface area contributed by atoms with Crippen LogP contribution in [0.2, 0.25) is 0 Å². The second kappa shape index (κ2) is 8.83. The van der Waals surface area contributed by atoms with Crippen LogP contribution in [-0.2, 0) is 19.1 Å². The predicted octanol–water partition coefficient (Wildman–Crippen LogP) is 2.00. The van der Waals surface area contributed by atoms with Crippen LogP contribution < -0.4 is 0 Å². The summed E-state index contributed by atoms with van der Waals surface area (Å²) >= 11 is 0. The van der Waals surface area contributed by atoms with Crippen molar-refractivity contribution >= 4 is 24.3 Å². The Morgan fingerprint density at radius 2 is 1.48 bits per heavy atom. The molecule has 7 heteroatoms. The maximum atomic E-state index is 12.0. The summed E-state index contributed by atoms with van der Waals surface area (Å²) in [6.45, 7) is 6.96. The summed E-state index contributed by atoms with van der Waals surface area (Å²) in [5.74, 6) is -0.750. The molecule has 0 aromatic rings. The van der Waals surface area contributed by atoms with Crippen LogP contribution in [0.25, 0.3) is 0 Å². The summed E-state index contributed by atoms with van der Waals surface area (Å²) in [4.78, 5) is 26.0. The first-order chi connectivity index (χ1) is 11.3. The Kier molecular flexibility index (Phi) is 7.65. The zero-order valence-electron chi connectivity index (χ0n) is 15.4. The van der Waals surface area contributed by atoms with Gasteiger partial charge in [0.05, 0.1) is 6.04 Å². The molecular weight excluding hydrogens is 346 g/mol. The van der Waals surface area contributed by atoms with Crippen LogP contribution >= 0.6 is 12.4 Å². The summed E-state index contributed by atoms with van der Waals surface area (Å²) in [5, 5.41) is 10.5. The molecule has 2 heterocycles. The van der Waals surface area contributed by atoms with Gasteiger partial charge in [-0.15, -0.1) is 12.4 Å². The fraction of sp³-hybridized carbons (Fsp3) is 0.667. The van der Waals surface area contributed by atoms with E-state index in [4.69, 9.17) is 9.47 Å². The fourth-order valence-electron chi connectivity index (χ4n) is 3.35. The molecule has 1 N–H and O–H groups in total. The molecule has 0 radical (unpaired) electrons. The molecule has 6 nitrogen and oxygen atoms in total. The highest BCUT2D eigenvalue weighted by atomic mass is 35.5. The molecule has 0 aliphatic carbocycles. The van der Waals surface area contributed by atoms with Gasteiger partial charge in [-0.3, -0.25) is 4.90 Å². The number of allylic oxidation sites excluding steroid dienone is 2. The number of carbonyl (C=O) groups excluding carboxylic acids is 2. The fourth-order valence-corrected chi connectivity index (χ4v) is 3.35. The minimum atomic E-state index is -0.778. The lowest BCUT2D eigenvalue weighted by atomic mass is 10.00. The maximum Gasteiger partial charge on any atom is 0.333 e. The third kappa shape index (κ3) is 4.43. The molecule has 0 aromatic heterocycles. The minimum Gasteiger partial charge on any atom is -0.459 e. The standard InChI is InChI=1S/C18H27NO5.ClH/c1-6-10(3)17(21)23-12-8-13-15(20)16(14(9-12)19(13)5)24-18(22)11(4)7-2;/h6-7,12-16,20H,8-9H2,1-5H3;1H/b10-6+,11-7+;/t12-,13-,14+,15-,16+;/m0./s1. The predicted molar refractivity (Wildman–Crippen MR) is 96.4 cm³/mol. The van der Waals surface area contributed by atoms with Gasteiger partial charge in [-0.1, -0.05) is 12.2 Å². The first-order valence-corrected chi connectivity index (χ1v) is 8.37. The molecule has 2 bridgehead atoms. The average Bonchev–Trinajstić information content (AvgIpc) is 2.70. The SMILES string of the molecule is C/C=C(\C)C(=O)O[C@@H]1C[C@@H]2[C@@H](OC(=O)/C(C)=C/C)[C@@H](O)[C@H](C1)N2C.Cl. The number of hydrogen-bond acceptors (Lipinski definition) is 6.